The summed E-state index contributed by atoms with van der Waals surface area (Å²) < 4.78 is 1.69. The van der Waals surface area contributed by atoms with Crippen molar-refractivity contribution in [3.05, 3.63) is 47.3 Å². The van der Waals surface area contributed by atoms with Crippen LogP contribution >= 0.6 is 0 Å². The van der Waals surface area contributed by atoms with Crippen molar-refractivity contribution < 1.29 is 5.11 Å². The summed E-state index contributed by atoms with van der Waals surface area (Å²) in [5, 5.41) is 16.5. The lowest BCUT2D eigenvalue weighted by Crippen LogP contribution is -2.27. The second-order valence-corrected chi connectivity index (χ2v) is 7.09. The number of benzene rings is 1. The van der Waals surface area contributed by atoms with Gasteiger partial charge in [-0.15, -0.1) is 0 Å². The average Bonchev–Trinajstić information content (AvgIpc) is 3.36. The Morgan fingerprint density at radius 1 is 1.04 bits per heavy atom. The van der Waals surface area contributed by atoms with E-state index in [1.807, 2.05) is 24.3 Å². The van der Waals surface area contributed by atoms with E-state index in [2.05, 4.69) is 25.1 Å². The van der Waals surface area contributed by atoms with Gasteiger partial charge in [-0.05, 0) is 25.7 Å². The van der Waals surface area contributed by atoms with Crippen LogP contribution in [0, 0.1) is 0 Å². The molecule has 0 unspecified atom stereocenters. The van der Waals surface area contributed by atoms with Crippen LogP contribution in [0.3, 0.4) is 0 Å². The van der Waals surface area contributed by atoms with Crippen molar-refractivity contribution in [2.45, 2.75) is 37.8 Å². The third-order valence-electron chi connectivity index (χ3n) is 5.31. The molecule has 3 heterocycles. The van der Waals surface area contributed by atoms with Crippen molar-refractivity contribution in [2.75, 3.05) is 0 Å². The molecule has 1 aliphatic rings. The minimum Gasteiger partial charge on any atom is -0.393 e. The Bertz CT molecular complexity index is 1150. The fourth-order valence-electron chi connectivity index (χ4n) is 3.83. The lowest BCUT2D eigenvalue weighted by molar-refractivity contribution is 0.111. The quantitative estimate of drug-likeness (QED) is 0.502. The summed E-state index contributed by atoms with van der Waals surface area (Å²) in [5.41, 5.74) is 3.33. The van der Waals surface area contributed by atoms with Crippen molar-refractivity contribution in [1.29, 1.82) is 0 Å². The van der Waals surface area contributed by atoms with E-state index in [1.165, 1.54) is 6.33 Å². The number of hydrogen-bond acceptors (Lipinski definition) is 6. The number of aliphatic hydroxyl groups is 1. The Morgan fingerprint density at radius 3 is 2.50 bits per heavy atom. The predicted molar refractivity (Wildman–Crippen MR) is 102 cm³/mol. The number of aromatic nitrogens is 7. The second kappa shape index (κ2) is 6.68. The maximum Gasteiger partial charge on any atom is 0.329 e. The van der Waals surface area contributed by atoms with E-state index in [9.17, 15) is 9.90 Å². The highest BCUT2D eigenvalue weighted by Crippen LogP contribution is 2.30. The molecular formula is C19H19N7O2. The zero-order chi connectivity index (χ0) is 19.1. The molecule has 1 saturated carbocycles. The summed E-state index contributed by atoms with van der Waals surface area (Å²) in [6.45, 7) is 0. The molecule has 4 aromatic rings. The van der Waals surface area contributed by atoms with Crippen LogP contribution in [0.1, 0.15) is 31.7 Å². The van der Waals surface area contributed by atoms with Gasteiger partial charge < -0.3 is 5.11 Å². The summed E-state index contributed by atoms with van der Waals surface area (Å²) in [6, 6.07) is 7.76. The average molecular weight is 377 g/mol. The second-order valence-electron chi connectivity index (χ2n) is 7.09. The Kier molecular flexibility index (Phi) is 4.01. The standard InChI is InChI=1S/C19H19N7O2/c27-14-7-5-13(6-8-14)26-18-17(24-19(26)28)20-9-15(23-18)11-1-3-12(4-2-11)16-21-10-22-25-16/h1-4,9-10,13-14,27H,5-8H2,(H,20,24,28)(H,21,22,25). The van der Waals surface area contributed by atoms with E-state index in [-0.39, 0.29) is 17.8 Å². The minimum absolute atomic E-state index is 0.0299. The summed E-state index contributed by atoms with van der Waals surface area (Å²) in [7, 11) is 0. The van der Waals surface area contributed by atoms with Gasteiger partial charge in [-0.2, -0.15) is 5.10 Å². The van der Waals surface area contributed by atoms with Crippen LogP contribution in [-0.4, -0.2) is 45.9 Å². The Hall–Kier alpha value is -3.33. The molecule has 28 heavy (non-hydrogen) atoms. The van der Waals surface area contributed by atoms with Gasteiger partial charge in [0.2, 0.25) is 0 Å². The largest absolute Gasteiger partial charge is 0.393 e. The normalized spacial score (nSPS) is 19.9. The molecule has 0 saturated heterocycles. The zero-order valence-electron chi connectivity index (χ0n) is 15.0. The molecular weight excluding hydrogens is 358 g/mol. The molecule has 0 bridgehead atoms. The lowest BCUT2D eigenvalue weighted by atomic mass is 9.93. The first-order chi connectivity index (χ1) is 13.7. The number of hydrogen-bond donors (Lipinski definition) is 3. The van der Waals surface area contributed by atoms with Gasteiger partial charge in [0.05, 0.1) is 18.0 Å². The van der Waals surface area contributed by atoms with Crippen molar-refractivity contribution in [2.24, 2.45) is 0 Å². The van der Waals surface area contributed by atoms with Gasteiger partial charge in [-0.25, -0.2) is 19.7 Å². The van der Waals surface area contributed by atoms with Crippen LogP contribution in [0.15, 0.2) is 41.6 Å². The van der Waals surface area contributed by atoms with Gasteiger partial charge in [0.1, 0.15) is 6.33 Å². The molecule has 3 N–H and O–H groups in total. The fourth-order valence-corrected chi connectivity index (χ4v) is 3.83. The molecule has 142 valence electrons. The molecule has 3 aromatic heterocycles. The van der Waals surface area contributed by atoms with E-state index < -0.39 is 0 Å². The Morgan fingerprint density at radius 2 is 1.79 bits per heavy atom. The number of nitrogens with one attached hydrogen (secondary N) is 2. The lowest BCUT2D eigenvalue weighted by Gasteiger charge is -2.25. The summed E-state index contributed by atoms with van der Waals surface area (Å²) in [4.78, 5) is 28.6. The van der Waals surface area contributed by atoms with E-state index in [4.69, 9.17) is 4.98 Å². The fraction of sp³-hybridized carbons (Fsp3) is 0.316. The molecule has 1 aliphatic carbocycles. The van der Waals surface area contributed by atoms with Crippen molar-refractivity contribution in [3.63, 3.8) is 0 Å². The number of aromatic amines is 2. The summed E-state index contributed by atoms with van der Waals surface area (Å²) >= 11 is 0. The van der Waals surface area contributed by atoms with Crippen LogP contribution in [0.25, 0.3) is 33.9 Å². The maximum atomic E-state index is 12.5. The van der Waals surface area contributed by atoms with Gasteiger partial charge >= 0.3 is 5.69 Å². The number of nitrogens with zero attached hydrogens (tertiary/aromatic N) is 5. The molecule has 0 amide bonds. The highest BCUT2D eigenvalue weighted by Gasteiger charge is 2.25. The minimum atomic E-state index is -0.277. The van der Waals surface area contributed by atoms with Gasteiger partial charge in [-0.1, -0.05) is 24.3 Å². The number of rotatable bonds is 3. The Balaban J connectivity index is 1.52. The number of H-pyrrole nitrogens is 2. The van der Waals surface area contributed by atoms with E-state index >= 15 is 0 Å². The third-order valence-corrected chi connectivity index (χ3v) is 5.31. The summed E-state index contributed by atoms with van der Waals surface area (Å²) in [6.07, 6.45) is 5.82. The van der Waals surface area contributed by atoms with Crippen molar-refractivity contribution >= 4 is 11.3 Å². The van der Waals surface area contributed by atoms with Crippen LogP contribution in [-0.2, 0) is 0 Å². The molecule has 5 rings (SSSR count). The van der Waals surface area contributed by atoms with Crippen LogP contribution in [0.4, 0.5) is 0 Å². The molecule has 0 aliphatic heterocycles. The van der Waals surface area contributed by atoms with E-state index in [0.717, 1.165) is 24.0 Å². The van der Waals surface area contributed by atoms with Crippen LogP contribution in [0.2, 0.25) is 0 Å². The topological polar surface area (TPSA) is 125 Å². The molecule has 9 nitrogen and oxygen atoms in total. The van der Waals surface area contributed by atoms with Crippen LogP contribution < -0.4 is 5.69 Å². The van der Waals surface area contributed by atoms with Crippen LogP contribution in [0.5, 0.6) is 0 Å². The van der Waals surface area contributed by atoms with Crippen molar-refractivity contribution in [1.82, 2.24) is 34.7 Å². The van der Waals surface area contributed by atoms with Crippen molar-refractivity contribution in [3.8, 4) is 22.6 Å². The summed E-state index contributed by atoms with van der Waals surface area (Å²) in [5.74, 6) is 0.632. The molecule has 0 atom stereocenters. The smallest absolute Gasteiger partial charge is 0.329 e. The van der Waals surface area contributed by atoms with E-state index in [0.29, 0.717) is 35.7 Å². The first kappa shape index (κ1) is 16.8. The number of imidazole rings is 1. The first-order valence-electron chi connectivity index (χ1n) is 9.31. The zero-order valence-corrected chi connectivity index (χ0v) is 15.0. The molecule has 0 radical (unpaired) electrons. The third kappa shape index (κ3) is 2.89. The number of fused-ring (bicyclic) bond motifs is 1. The van der Waals surface area contributed by atoms with Gasteiger partial charge in [-0.3, -0.25) is 14.6 Å². The van der Waals surface area contributed by atoms with Gasteiger partial charge in [0.25, 0.3) is 0 Å². The van der Waals surface area contributed by atoms with Gasteiger partial charge in [0, 0.05) is 17.2 Å². The SMILES string of the molecule is O=c1[nH]c2ncc(-c3ccc(-c4nc[nH]n4)cc3)nc2n1C1CCC(O)CC1. The maximum absolute atomic E-state index is 12.5. The highest BCUT2D eigenvalue weighted by atomic mass is 16.3. The highest BCUT2D eigenvalue weighted by molar-refractivity contribution is 5.72. The molecule has 1 fully saturated rings. The molecule has 9 heteroatoms. The predicted octanol–water partition coefficient (Wildman–Crippen LogP) is 2.05. The molecule has 1 aromatic carbocycles. The van der Waals surface area contributed by atoms with E-state index in [1.54, 1.807) is 10.8 Å². The Labute approximate surface area is 159 Å². The molecule has 0 spiro atoms. The number of aliphatic hydroxyl groups excluding tert-OH is 1. The van der Waals surface area contributed by atoms with Gasteiger partial charge in [0.15, 0.2) is 17.1 Å². The first-order valence-corrected chi connectivity index (χ1v) is 9.31. The monoisotopic (exact) mass is 377 g/mol.